The van der Waals surface area contributed by atoms with Gasteiger partial charge in [0.05, 0.1) is 17.7 Å². The molecular weight excluding hydrogens is 481 g/mol. The topological polar surface area (TPSA) is 78.9 Å². The number of Topliss-reactive ketones (excluding diaryl/α,β-unsaturated/α-hetero) is 1. The average molecular weight is 499 g/mol. The first-order valence-electron chi connectivity index (χ1n) is 8.90. The number of ketones is 1. The minimum absolute atomic E-state index is 0.0215. The first-order chi connectivity index (χ1) is 15.5. The lowest BCUT2D eigenvalue weighted by Gasteiger charge is -2.21. The highest BCUT2D eigenvalue weighted by atomic mass is 31.0. The largest absolute Gasteiger partial charge is 0.417 e. The van der Waals surface area contributed by atoms with Gasteiger partial charge in [-0.15, -0.1) is 0 Å². The van der Waals surface area contributed by atoms with Gasteiger partial charge in [0.2, 0.25) is 0 Å². The second-order valence-electron chi connectivity index (χ2n) is 6.15. The Kier molecular flexibility index (Phi) is 10.6. The number of hydrogen-bond acceptors (Lipinski definition) is 6. The van der Waals surface area contributed by atoms with Crippen molar-refractivity contribution in [2.75, 3.05) is 20.3 Å². The van der Waals surface area contributed by atoms with E-state index in [-0.39, 0.29) is 18.8 Å². The Balaban J connectivity index is 0.00000265. The summed E-state index contributed by atoms with van der Waals surface area (Å²) in [7, 11) is 2.48. The summed E-state index contributed by atoms with van der Waals surface area (Å²) >= 11 is 0. The van der Waals surface area contributed by atoms with E-state index in [1.54, 1.807) is 0 Å². The van der Waals surface area contributed by atoms with Crippen LogP contribution in [-0.2, 0) is 36.2 Å². The molecule has 0 saturated carbocycles. The van der Waals surface area contributed by atoms with Crippen LogP contribution in [0.25, 0.3) is 0 Å². The third-order valence-corrected chi connectivity index (χ3v) is 4.06. The molecule has 0 spiro atoms. The fourth-order valence-electron chi connectivity index (χ4n) is 2.74. The number of benzene rings is 2. The van der Waals surface area contributed by atoms with Gasteiger partial charge in [-0.3, -0.25) is 9.68 Å². The molecule has 2 unspecified atom stereocenters. The summed E-state index contributed by atoms with van der Waals surface area (Å²) in [5.74, 6) is -5.34. The molecule has 0 aromatic heterocycles. The Hall–Kier alpha value is -2.82. The lowest BCUT2D eigenvalue weighted by molar-refractivity contribution is -0.276. The summed E-state index contributed by atoms with van der Waals surface area (Å²) in [4.78, 5) is 34.5. The third kappa shape index (κ3) is 7.62. The molecular formula is C20H18F6O6P+. The number of methoxy groups -OCH3 is 1. The Morgan fingerprint density at radius 1 is 0.848 bits per heavy atom. The van der Waals surface area contributed by atoms with Crippen LogP contribution in [0.2, 0.25) is 0 Å². The number of ether oxygens (including phenoxy) is 1. The number of alkyl halides is 6. The maximum absolute atomic E-state index is 13.5. The molecule has 0 bridgehead atoms. The van der Waals surface area contributed by atoms with E-state index in [1.165, 1.54) is 46.6 Å². The van der Waals surface area contributed by atoms with Crippen LogP contribution in [-0.4, -0.2) is 32.1 Å². The fourth-order valence-corrected chi connectivity index (χ4v) is 2.74. The minimum Gasteiger partial charge on any atom is -0.382 e. The maximum Gasteiger partial charge on any atom is 0.417 e. The van der Waals surface area contributed by atoms with Crippen LogP contribution in [0.15, 0.2) is 48.5 Å². The summed E-state index contributed by atoms with van der Waals surface area (Å²) in [6.45, 7) is -0.294. The molecule has 0 radical (unpaired) electrons. The van der Waals surface area contributed by atoms with Crippen LogP contribution >= 0.6 is 9.12 Å². The molecule has 6 nitrogen and oxygen atoms in total. The molecule has 13 heteroatoms. The first kappa shape index (κ1) is 28.2. The van der Waals surface area contributed by atoms with Crippen LogP contribution in [0.1, 0.15) is 33.0 Å². The predicted octanol–water partition coefficient (Wildman–Crippen LogP) is 5.02. The van der Waals surface area contributed by atoms with Crippen molar-refractivity contribution in [1.82, 2.24) is 0 Å². The molecule has 2 aromatic rings. The van der Waals surface area contributed by atoms with Gasteiger partial charge in [0, 0.05) is 12.7 Å². The van der Waals surface area contributed by atoms with Gasteiger partial charge in [-0.2, -0.15) is 31.2 Å². The highest BCUT2D eigenvalue weighted by molar-refractivity contribution is 7.00. The molecule has 180 valence electrons. The number of carbonyl (C=O) groups is 2. The van der Waals surface area contributed by atoms with Crippen molar-refractivity contribution in [1.29, 1.82) is 0 Å². The van der Waals surface area contributed by atoms with E-state index in [9.17, 15) is 35.9 Å². The molecule has 0 aliphatic rings. The lowest BCUT2D eigenvalue weighted by atomic mass is 9.86. The van der Waals surface area contributed by atoms with E-state index >= 15 is 0 Å². The van der Waals surface area contributed by atoms with Crippen LogP contribution in [0.5, 0.6) is 0 Å². The van der Waals surface area contributed by atoms with Crippen molar-refractivity contribution in [3.8, 4) is 0 Å². The fraction of sp³-hybridized carbons (Fsp3) is 0.300. The van der Waals surface area contributed by atoms with Crippen LogP contribution in [0.4, 0.5) is 26.3 Å². The van der Waals surface area contributed by atoms with Gasteiger partial charge in [0.15, 0.2) is 5.78 Å². The molecule has 2 rings (SSSR count). The van der Waals surface area contributed by atoms with E-state index in [2.05, 4.69) is 14.5 Å². The van der Waals surface area contributed by atoms with E-state index in [4.69, 9.17) is 4.57 Å². The van der Waals surface area contributed by atoms with Gasteiger partial charge in [-0.1, -0.05) is 41.0 Å². The Bertz CT molecular complexity index is 901. The van der Waals surface area contributed by atoms with Crippen LogP contribution in [0.3, 0.4) is 0 Å². The van der Waals surface area contributed by atoms with Gasteiger partial charge >= 0.3 is 27.4 Å². The SMILES string of the molecule is COCCOOC(=O)C(C(=O)c1c(C(F)(F)F)cccc1C(F)(F)F)c1ccccc1.O=[PH2+]. The molecule has 0 aliphatic carbocycles. The van der Waals surface area contributed by atoms with E-state index in [1.807, 2.05) is 0 Å². The van der Waals surface area contributed by atoms with Crippen molar-refractivity contribution >= 4 is 20.9 Å². The highest BCUT2D eigenvalue weighted by Gasteiger charge is 2.45. The second kappa shape index (κ2) is 12.4. The van der Waals surface area contributed by atoms with Crippen molar-refractivity contribution in [2.24, 2.45) is 0 Å². The molecule has 0 heterocycles. The normalized spacial score (nSPS) is 12.3. The number of carbonyl (C=O) groups excluding carboxylic acids is 2. The highest BCUT2D eigenvalue weighted by Crippen LogP contribution is 2.41. The second-order valence-corrected chi connectivity index (χ2v) is 6.15. The average Bonchev–Trinajstić information content (AvgIpc) is 2.77. The van der Waals surface area contributed by atoms with Crippen molar-refractivity contribution in [3.05, 3.63) is 70.8 Å². The molecule has 0 amide bonds. The number of halogens is 6. The van der Waals surface area contributed by atoms with Gasteiger partial charge in [0.25, 0.3) is 0 Å². The lowest BCUT2D eigenvalue weighted by Crippen LogP contribution is -2.29. The Labute approximate surface area is 186 Å². The molecule has 2 aromatic carbocycles. The molecule has 33 heavy (non-hydrogen) atoms. The zero-order chi connectivity index (χ0) is 25.2. The van der Waals surface area contributed by atoms with E-state index in [0.717, 1.165) is 0 Å². The van der Waals surface area contributed by atoms with Gasteiger partial charge in [-0.25, -0.2) is 4.79 Å². The van der Waals surface area contributed by atoms with Gasteiger partial charge in [-0.05, 0) is 17.7 Å². The van der Waals surface area contributed by atoms with Gasteiger partial charge in [0.1, 0.15) is 12.5 Å². The summed E-state index contributed by atoms with van der Waals surface area (Å²) in [5.41, 5.74) is -5.48. The molecule has 0 fully saturated rings. The van der Waals surface area contributed by atoms with E-state index in [0.29, 0.717) is 18.2 Å². The molecule has 0 N–H and O–H groups in total. The number of hydrogen-bond donors (Lipinski definition) is 0. The smallest absolute Gasteiger partial charge is 0.382 e. The monoisotopic (exact) mass is 499 g/mol. The molecule has 0 saturated heterocycles. The zero-order valence-corrected chi connectivity index (χ0v) is 18.1. The van der Waals surface area contributed by atoms with Crippen molar-refractivity contribution in [3.63, 3.8) is 0 Å². The summed E-state index contributed by atoms with van der Waals surface area (Å²) in [6.07, 6.45) is -10.6. The summed E-state index contributed by atoms with van der Waals surface area (Å²) < 4.78 is 93.6. The number of rotatable bonds is 8. The Morgan fingerprint density at radius 3 is 1.82 bits per heavy atom. The van der Waals surface area contributed by atoms with Crippen molar-refractivity contribution in [2.45, 2.75) is 18.3 Å². The first-order valence-corrected chi connectivity index (χ1v) is 9.38. The Morgan fingerprint density at radius 2 is 1.36 bits per heavy atom. The molecule has 2 atom stereocenters. The summed E-state index contributed by atoms with van der Waals surface area (Å²) in [6, 6.07) is 7.80. The quantitative estimate of drug-likeness (QED) is 0.0966. The van der Waals surface area contributed by atoms with Crippen molar-refractivity contribution < 1.29 is 55.0 Å². The van der Waals surface area contributed by atoms with E-state index < -0.39 is 46.7 Å². The standard InChI is InChI=1S/C20H16F6O5.H2OP/c1-29-10-11-30-31-18(28)15(12-6-3-2-4-7-12)17(27)16-13(19(21,22)23)8-5-9-14(16)20(24,25)26;1-2/h2-9,15H,10-11H2,1H3;2H2/q;+1. The molecule has 0 aliphatic heterocycles. The maximum atomic E-state index is 13.5. The van der Waals surface area contributed by atoms with Gasteiger partial charge < -0.3 is 4.74 Å². The van der Waals surface area contributed by atoms with Crippen LogP contribution in [0, 0.1) is 0 Å². The minimum atomic E-state index is -5.29. The summed E-state index contributed by atoms with van der Waals surface area (Å²) in [5, 5.41) is 0. The third-order valence-electron chi connectivity index (χ3n) is 4.06. The predicted molar refractivity (Wildman–Crippen MR) is 104 cm³/mol. The van der Waals surface area contributed by atoms with Crippen LogP contribution < -0.4 is 0 Å². The zero-order valence-electron chi connectivity index (χ0n) is 16.9.